The van der Waals surface area contributed by atoms with E-state index in [1.54, 1.807) is 0 Å². The van der Waals surface area contributed by atoms with Crippen LogP contribution in [0.2, 0.25) is 0 Å². The summed E-state index contributed by atoms with van der Waals surface area (Å²) in [6.07, 6.45) is 3.82. The van der Waals surface area contributed by atoms with Crippen molar-refractivity contribution >= 4 is 0 Å². The number of ether oxygens (including phenoxy) is 1. The Morgan fingerprint density at radius 2 is 1.84 bits per heavy atom. The van der Waals surface area contributed by atoms with E-state index in [2.05, 4.69) is 56.4 Å². The molecule has 0 aliphatic carbocycles. The average molecular weight is 263 g/mol. The minimum absolute atomic E-state index is 0.302. The topological polar surface area (TPSA) is 21.3 Å². The lowest BCUT2D eigenvalue weighted by molar-refractivity contribution is 0.0306. The van der Waals surface area contributed by atoms with E-state index in [-0.39, 0.29) is 0 Å². The zero-order chi connectivity index (χ0) is 14.1. The Morgan fingerprint density at radius 1 is 1.16 bits per heavy atom. The molecule has 0 fully saturated rings. The molecule has 2 nitrogen and oxygen atoms in total. The van der Waals surface area contributed by atoms with Crippen LogP contribution in [0.3, 0.4) is 0 Å². The Bertz CT molecular complexity index is 323. The minimum atomic E-state index is 0.302. The van der Waals surface area contributed by atoms with Crippen LogP contribution in [0.15, 0.2) is 30.3 Å². The van der Waals surface area contributed by atoms with Crippen molar-refractivity contribution in [1.82, 2.24) is 5.32 Å². The van der Waals surface area contributed by atoms with Crippen molar-refractivity contribution in [3.05, 3.63) is 35.9 Å². The van der Waals surface area contributed by atoms with Gasteiger partial charge in [-0.05, 0) is 37.3 Å². The summed E-state index contributed by atoms with van der Waals surface area (Å²) < 4.78 is 5.67. The SMILES string of the molecule is CCNC(CCCc1ccccc1)C(OC)C(C)C. The van der Waals surface area contributed by atoms with Crippen LogP contribution in [-0.4, -0.2) is 25.8 Å². The van der Waals surface area contributed by atoms with Crippen LogP contribution in [0.4, 0.5) is 0 Å². The number of likely N-dealkylation sites (N-methyl/N-ethyl adjacent to an activating group) is 1. The summed E-state index contributed by atoms with van der Waals surface area (Å²) in [5.41, 5.74) is 1.43. The van der Waals surface area contributed by atoms with Gasteiger partial charge in [-0.2, -0.15) is 0 Å². The molecule has 0 saturated carbocycles. The molecule has 0 aliphatic heterocycles. The highest BCUT2D eigenvalue weighted by molar-refractivity contribution is 5.14. The van der Waals surface area contributed by atoms with Gasteiger partial charge in [-0.1, -0.05) is 51.1 Å². The number of hydrogen-bond acceptors (Lipinski definition) is 2. The Morgan fingerprint density at radius 3 is 2.37 bits per heavy atom. The maximum Gasteiger partial charge on any atom is 0.0747 e. The van der Waals surface area contributed by atoms with Gasteiger partial charge in [0.25, 0.3) is 0 Å². The van der Waals surface area contributed by atoms with E-state index >= 15 is 0 Å². The van der Waals surface area contributed by atoms with Gasteiger partial charge in [0.05, 0.1) is 6.10 Å². The second kappa shape index (κ2) is 9.11. The summed E-state index contributed by atoms with van der Waals surface area (Å²) in [5, 5.41) is 3.58. The van der Waals surface area contributed by atoms with Crippen molar-refractivity contribution in [2.24, 2.45) is 5.92 Å². The van der Waals surface area contributed by atoms with Gasteiger partial charge in [-0.3, -0.25) is 0 Å². The van der Waals surface area contributed by atoms with E-state index < -0.39 is 0 Å². The maximum absolute atomic E-state index is 5.67. The average Bonchev–Trinajstić information content (AvgIpc) is 2.40. The van der Waals surface area contributed by atoms with Crippen LogP contribution < -0.4 is 5.32 Å². The van der Waals surface area contributed by atoms with Gasteiger partial charge in [-0.15, -0.1) is 0 Å². The summed E-state index contributed by atoms with van der Waals surface area (Å²) in [7, 11) is 1.83. The number of aryl methyl sites for hydroxylation is 1. The fourth-order valence-electron chi connectivity index (χ4n) is 2.72. The molecular formula is C17H29NO. The molecule has 0 heterocycles. The standard InChI is InChI=1S/C17H29NO/c1-5-18-16(17(19-4)14(2)3)13-9-12-15-10-7-6-8-11-15/h6-8,10-11,14,16-18H,5,9,12-13H2,1-4H3. The highest BCUT2D eigenvalue weighted by Gasteiger charge is 2.22. The summed E-state index contributed by atoms with van der Waals surface area (Å²) >= 11 is 0. The number of hydrogen-bond donors (Lipinski definition) is 1. The Labute approximate surface area is 118 Å². The minimum Gasteiger partial charge on any atom is -0.380 e. The third-order valence-electron chi connectivity index (χ3n) is 3.62. The molecule has 0 saturated heterocycles. The van der Waals surface area contributed by atoms with Crippen molar-refractivity contribution in [2.45, 2.75) is 52.2 Å². The summed E-state index contributed by atoms with van der Waals surface area (Å²) in [5.74, 6) is 0.547. The molecule has 2 atom stereocenters. The van der Waals surface area contributed by atoms with Gasteiger partial charge in [0.1, 0.15) is 0 Å². The largest absolute Gasteiger partial charge is 0.380 e. The lowest BCUT2D eigenvalue weighted by Gasteiger charge is -2.29. The predicted molar refractivity (Wildman–Crippen MR) is 82.5 cm³/mol. The molecule has 108 valence electrons. The van der Waals surface area contributed by atoms with E-state index in [1.165, 1.54) is 18.4 Å². The Balaban J connectivity index is 2.45. The molecule has 0 bridgehead atoms. The van der Waals surface area contributed by atoms with Crippen LogP contribution in [0.25, 0.3) is 0 Å². The quantitative estimate of drug-likeness (QED) is 0.734. The van der Waals surface area contributed by atoms with Gasteiger partial charge in [0, 0.05) is 13.2 Å². The molecule has 0 spiro atoms. The molecule has 19 heavy (non-hydrogen) atoms. The number of rotatable bonds is 9. The molecule has 0 amide bonds. The molecule has 1 aromatic carbocycles. The fourth-order valence-corrected chi connectivity index (χ4v) is 2.72. The van der Waals surface area contributed by atoms with Gasteiger partial charge in [0.15, 0.2) is 0 Å². The third-order valence-corrected chi connectivity index (χ3v) is 3.62. The molecule has 0 aromatic heterocycles. The normalized spacial score (nSPS) is 14.6. The second-order valence-electron chi connectivity index (χ2n) is 5.49. The van der Waals surface area contributed by atoms with E-state index in [9.17, 15) is 0 Å². The summed E-state index contributed by atoms with van der Waals surface area (Å²) in [6.45, 7) is 7.63. The van der Waals surface area contributed by atoms with E-state index in [0.717, 1.165) is 13.0 Å². The molecule has 1 rings (SSSR count). The van der Waals surface area contributed by atoms with Crippen molar-refractivity contribution in [3.8, 4) is 0 Å². The molecule has 1 aromatic rings. The molecule has 2 unspecified atom stereocenters. The molecule has 0 aliphatic rings. The molecule has 0 radical (unpaired) electrons. The molecule has 2 heteroatoms. The Kier molecular flexibility index (Phi) is 7.76. The van der Waals surface area contributed by atoms with E-state index in [0.29, 0.717) is 18.1 Å². The zero-order valence-electron chi connectivity index (χ0n) is 12.9. The number of methoxy groups -OCH3 is 1. The van der Waals surface area contributed by atoms with Gasteiger partial charge in [0.2, 0.25) is 0 Å². The first-order chi connectivity index (χ1) is 9.19. The second-order valence-corrected chi connectivity index (χ2v) is 5.49. The lowest BCUT2D eigenvalue weighted by atomic mass is 9.94. The lowest BCUT2D eigenvalue weighted by Crippen LogP contribution is -2.43. The van der Waals surface area contributed by atoms with Crippen molar-refractivity contribution in [3.63, 3.8) is 0 Å². The van der Waals surface area contributed by atoms with Crippen LogP contribution in [0, 0.1) is 5.92 Å². The van der Waals surface area contributed by atoms with Gasteiger partial charge in [-0.25, -0.2) is 0 Å². The first-order valence-electron chi connectivity index (χ1n) is 7.49. The van der Waals surface area contributed by atoms with Crippen molar-refractivity contribution in [2.75, 3.05) is 13.7 Å². The fraction of sp³-hybridized carbons (Fsp3) is 0.647. The molecule has 1 N–H and O–H groups in total. The highest BCUT2D eigenvalue weighted by atomic mass is 16.5. The first-order valence-corrected chi connectivity index (χ1v) is 7.49. The van der Waals surface area contributed by atoms with Crippen LogP contribution in [-0.2, 0) is 11.2 Å². The van der Waals surface area contributed by atoms with E-state index in [1.807, 2.05) is 7.11 Å². The first kappa shape index (κ1) is 16.2. The Hall–Kier alpha value is -0.860. The smallest absolute Gasteiger partial charge is 0.0747 e. The number of nitrogens with one attached hydrogen (secondary N) is 1. The van der Waals surface area contributed by atoms with E-state index in [4.69, 9.17) is 4.74 Å². The van der Waals surface area contributed by atoms with Crippen molar-refractivity contribution < 1.29 is 4.74 Å². The monoisotopic (exact) mass is 263 g/mol. The summed E-state index contributed by atoms with van der Waals surface area (Å²) in [6, 6.07) is 11.2. The number of benzene rings is 1. The molecular weight excluding hydrogens is 234 g/mol. The van der Waals surface area contributed by atoms with Crippen LogP contribution in [0.1, 0.15) is 39.2 Å². The maximum atomic E-state index is 5.67. The predicted octanol–water partition coefficient (Wildman–Crippen LogP) is 3.66. The zero-order valence-corrected chi connectivity index (χ0v) is 12.9. The highest BCUT2D eigenvalue weighted by Crippen LogP contribution is 2.16. The van der Waals surface area contributed by atoms with Crippen LogP contribution >= 0.6 is 0 Å². The van der Waals surface area contributed by atoms with Gasteiger partial charge < -0.3 is 10.1 Å². The van der Waals surface area contributed by atoms with Crippen LogP contribution in [0.5, 0.6) is 0 Å². The third kappa shape index (κ3) is 5.75. The van der Waals surface area contributed by atoms with Gasteiger partial charge >= 0.3 is 0 Å². The summed E-state index contributed by atoms with van der Waals surface area (Å²) in [4.78, 5) is 0. The van der Waals surface area contributed by atoms with Crippen molar-refractivity contribution in [1.29, 1.82) is 0 Å².